The first kappa shape index (κ1) is 12.5. The number of nitrogens with two attached hydrogens (primary N) is 1. The highest BCUT2D eigenvalue weighted by atomic mass is 16.5. The molecule has 0 saturated heterocycles. The molecule has 0 heterocycles. The van der Waals surface area contributed by atoms with E-state index in [2.05, 4.69) is 31.2 Å². The molecule has 0 spiro atoms. The third-order valence-electron chi connectivity index (χ3n) is 3.09. The van der Waals surface area contributed by atoms with Crippen LogP contribution in [0.3, 0.4) is 0 Å². The molecule has 2 aromatic rings. The van der Waals surface area contributed by atoms with Gasteiger partial charge in [-0.25, -0.2) is 0 Å². The van der Waals surface area contributed by atoms with Crippen LogP contribution >= 0.6 is 0 Å². The quantitative estimate of drug-likeness (QED) is 0.828. The molecule has 2 N–H and O–H groups in total. The average Bonchev–Trinajstić information content (AvgIpc) is 2.41. The van der Waals surface area contributed by atoms with Gasteiger partial charge < -0.3 is 10.5 Å². The van der Waals surface area contributed by atoms with Crippen LogP contribution in [0.5, 0.6) is 5.75 Å². The lowest BCUT2D eigenvalue weighted by molar-refractivity contribution is 0.306. The van der Waals surface area contributed by atoms with Crippen LogP contribution in [0.2, 0.25) is 0 Å². The van der Waals surface area contributed by atoms with Crippen molar-refractivity contribution < 1.29 is 4.74 Å². The molecule has 0 bridgehead atoms. The highest BCUT2D eigenvalue weighted by Gasteiger charge is 1.99. The molecule has 0 amide bonds. The largest absolute Gasteiger partial charge is 0.489 e. The lowest BCUT2D eigenvalue weighted by Crippen LogP contribution is -1.97. The molecule has 18 heavy (non-hydrogen) atoms. The van der Waals surface area contributed by atoms with Crippen molar-refractivity contribution in [3.63, 3.8) is 0 Å². The number of aryl methyl sites for hydroxylation is 2. The predicted molar refractivity (Wildman–Crippen MR) is 75.7 cm³/mol. The van der Waals surface area contributed by atoms with Crippen molar-refractivity contribution in [2.75, 3.05) is 5.73 Å². The van der Waals surface area contributed by atoms with E-state index in [0.29, 0.717) is 6.61 Å². The summed E-state index contributed by atoms with van der Waals surface area (Å²) in [5.74, 6) is 0.817. The zero-order valence-corrected chi connectivity index (χ0v) is 10.9. The minimum atomic E-state index is 0.576. The number of hydrogen-bond donors (Lipinski definition) is 1. The number of nitrogen functional groups attached to an aromatic ring is 1. The van der Waals surface area contributed by atoms with Gasteiger partial charge in [-0.2, -0.15) is 0 Å². The normalized spacial score (nSPS) is 10.3. The van der Waals surface area contributed by atoms with Gasteiger partial charge in [0.25, 0.3) is 0 Å². The second-order valence-corrected chi connectivity index (χ2v) is 4.48. The molecule has 0 aliphatic carbocycles. The Labute approximate surface area is 108 Å². The Hall–Kier alpha value is -1.96. The van der Waals surface area contributed by atoms with Crippen molar-refractivity contribution in [2.45, 2.75) is 26.9 Å². The van der Waals surface area contributed by atoms with Crippen LogP contribution in [0, 0.1) is 6.92 Å². The molecule has 0 aliphatic heterocycles. The molecule has 2 aromatic carbocycles. The molecule has 0 fully saturated rings. The van der Waals surface area contributed by atoms with Gasteiger partial charge in [-0.15, -0.1) is 0 Å². The van der Waals surface area contributed by atoms with E-state index < -0.39 is 0 Å². The third kappa shape index (κ3) is 3.04. The van der Waals surface area contributed by atoms with Gasteiger partial charge in [-0.1, -0.05) is 37.3 Å². The Morgan fingerprint density at radius 1 is 1.00 bits per heavy atom. The molecule has 94 valence electrons. The summed E-state index contributed by atoms with van der Waals surface area (Å²) in [5, 5.41) is 0. The zero-order chi connectivity index (χ0) is 13.0. The summed E-state index contributed by atoms with van der Waals surface area (Å²) in [6.45, 7) is 4.72. The van der Waals surface area contributed by atoms with Crippen LogP contribution in [-0.2, 0) is 13.0 Å². The van der Waals surface area contributed by atoms with E-state index in [-0.39, 0.29) is 0 Å². The highest BCUT2D eigenvalue weighted by molar-refractivity contribution is 5.50. The third-order valence-corrected chi connectivity index (χ3v) is 3.09. The van der Waals surface area contributed by atoms with Gasteiger partial charge in [0, 0.05) is 11.8 Å². The smallest absolute Gasteiger partial charge is 0.121 e. The molecule has 0 radical (unpaired) electrons. The van der Waals surface area contributed by atoms with E-state index in [1.165, 1.54) is 11.1 Å². The molecular weight excluding hydrogens is 222 g/mol. The molecule has 2 rings (SSSR count). The molecule has 0 aliphatic rings. The maximum absolute atomic E-state index is 5.85. The monoisotopic (exact) mass is 241 g/mol. The van der Waals surface area contributed by atoms with Crippen LogP contribution in [0.15, 0.2) is 42.5 Å². The van der Waals surface area contributed by atoms with Gasteiger partial charge in [0.1, 0.15) is 12.4 Å². The van der Waals surface area contributed by atoms with Gasteiger partial charge in [0.2, 0.25) is 0 Å². The van der Waals surface area contributed by atoms with Gasteiger partial charge >= 0.3 is 0 Å². The number of benzene rings is 2. The number of rotatable bonds is 4. The predicted octanol–water partition coefficient (Wildman–Crippen LogP) is 3.72. The molecular formula is C16H19NO. The number of anilines is 1. The van der Waals surface area contributed by atoms with E-state index >= 15 is 0 Å². The van der Waals surface area contributed by atoms with Crippen LogP contribution in [0.4, 0.5) is 5.69 Å². The summed E-state index contributed by atoms with van der Waals surface area (Å²) in [5.41, 5.74) is 10.2. The molecule has 2 nitrogen and oxygen atoms in total. The maximum atomic E-state index is 5.85. The molecule has 0 unspecified atom stereocenters. The molecule has 0 aromatic heterocycles. The second kappa shape index (κ2) is 5.58. The van der Waals surface area contributed by atoms with Crippen LogP contribution in [0.25, 0.3) is 0 Å². The van der Waals surface area contributed by atoms with E-state index in [4.69, 9.17) is 10.5 Å². The van der Waals surface area contributed by atoms with Crippen molar-refractivity contribution in [1.82, 2.24) is 0 Å². The fourth-order valence-corrected chi connectivity index (χ4v) is 1.75. The van der Waals surface area contributed by atoms with Crippen LogP contribution < -0.4 is 10.5 Å². The van der Waals surface area contributed by atoms with Gasteiger partial charge in [-0.3, -0.25) is 0 Å². The zero-order valence-electron chi connectivity index (χ0n) is 10.9. The molecule has 2 heteroatoms. The lowest BCUT2D eigenvalue weighted by Gasteiger charge is -2.08. The summed E-state index contributed by atoms with van der Waals surface area (Å²) >= 11 is 0. The number of ether oxygens (including phenoxy) is 1. The van der Waals surface area contributed by atoms with E-state index in [9.17, 15) is 0 Å². The first-order valence-electron chi connectivity index (χ1n) is 6.26. The standard InChI is InChI=1S/C16H19NO/c1-3-13-5-7-14(8-6-13)11-18-15-9-4-12(2)16(17)10-15/h4-10H,3,11,17H2,1-2H3. The lowest BCUT2D eigenvalue weighted by atomic mass is 10.1. The summed E-state index contributed by atoms with van der Waals surface area (Å²) in [6.07, 6.45) is 1.07. The summed E-state index contributed by atoms with van der Waals surface area (Å²) < 4.78 is 5.72. The van der Waals surface area contributed by atoms with Gasteiger partial charge in [0.15, 0.2) is 0 Å². The first-order valence-corrected chi connectivity index (χ1v) is 6.26. The Balaban J connectivity index is 1.99. The van der Waals surface area contributed by atoms with Crippen molar-refractivity contribution in [2.24, 2.45) is 0 Å². The van der Waals surface area contributed by atoms with E-state index in [1.54, 1.807) is 0 Å². The number of hydrogen-bond acceptors (Lipinski definition) is 2. The van der Waals surface area contributed by atoms with Gasteiger partial charge in [-0.05, 0) is 36.1 Å². The average molecular weight is 241 g/mol. The Kier molecular flexibility index (Phi) is 3.88. The highest BCUT2D eigenvalue weighted by Crippen LogP contribution is 2.20. The summed E-state index contributed by atoms with van der Waals surface area (Å²) in [4.78, 5) is 0. The Morgan fingerprint density at radius 3 is 2.28 bits per heavy atom. The molecule has 0 saturated carbocycles. The second-order valence-electron chi connectivity index (χ2n) is 4.48. The maximum Gasteiger partial charge on any atom is 0.121 e. The van der Waals surface area contributed by atoms with Crippen LogP contribution in [-0.4, -0.2) is 0 Å². The topological polar surface area (TPSA) is 35.2 Å². The molecule has 0 atom stereocenters. The van der Waals surface area contributed by atoms with Crippen LogP contribution in [0.1, 0.15) is 23.6 Å². The Morgan fingerprint density at radius 2 is 1.67 bits per heavy atom. The van der Waals surface area contributed by atoms with Crippen molar-refractivity contribution >= 4 is 5.69 Å². The fraction of sp³-hybridized carbons (Fsp3) is 0.250. The SMILES string of the molecule is CCc1ccc(COc2ccc(C)c(N)c2)cc1. The fourth-order valence-electron chi connectivity index (χ4n) is 1.75. The van der Waals surface area contributed by atoms with Crippen molar-refractivity contribution in [3.05, 3.63) is 59.2 Å². The van der Waals surface area contributed by atoms with E-state index in [0.717, 1.165) is 23.4 Å². The van der Waals surface area contributed by atoms with E-state index in [1.807, 2.05) is 25.1 Å². The first-order chi connectivity index (χ1) is 8.69. The summed E-state index contributed by atoms with van der Waals surface area (Å²) in [6, 6.07) is 14.3. The van der Waals surface area contributed by atoms with Crippen molar-refractivity contribution in [1.29, 1.82) is 0 Å². The van der Waals surface area contributed by atoms with Gasteiger partial charge in [0.05, 0.1) is 0 Å². The minimum absolute atomic E-state index is 0.576. The van der Waals surface area contributed by atoms with Crippen molar-refractivity contribution in [3.8, 4) is 5.75 Å². The summed E-state index contributed by atoms with van der Waals surface area (Å²) in [7, 11) is 0. The Bertz CT molecular complexity index is 517. The minimum Gasteiger partial charge on any atom is -0.489 e.